The van der Waals surface area contributed by atoms with E-state index in [0.29, 0.717) is 0 Å². The molecule has 0 amide bonds. The topological polar surface area (TPSA) is 0 Å². The van der Waals surface area contributed by atoms with Crippen LogP contribution in [0.3, 0.4) is 0 Å². The van der Waals surface area contributed by atoms with Gasteiger partial charge < -0.3 is 0 Å². The molecular formula is C18Cl15P. The molecule has 0 radical (unpaired) electrons. The first kappa shape index (κ1) is 31.0. The maximum Gasteiger partial charge on any atom is 0.0809 e. The number of halogens is 15. The van der Waals surface area contributed by atoms with Crippen molar-refractivity contribution in [3.8, 4) is 0 Å². The van der Waals surface area contributed by atoms with Crippen molar-refractivity contribution in [1.82, 2.24) is 0 Å². The van der Waals surface area contributed by atoms with Gasteiger partial charge in [-0.15, -0.1) is 0 Å². The summed E-state index contributed by atoms with van der Waals surface area (Å²) in [6.45, 7) is 0. The molecule has 0 bridgehead atoms. The number of hydrogen-bond acceptors (Lipinski definition) is 0. The van der Waals surface area contributed by atoms with Gasteiger partial charge >= 0.3 is 0 Å². The Balaban J connectivity index is 2.68. The minimum Gasteiger partial charge on any atom is -0.0819 e. The summed E-state index contributed by atoms with van der Waals surface area (Å²) in [5.74, 6) is 0. The van der Waals surface area contributed by atoms with Gasteiger partial charge in [0.2, 0.25) is 0 Å². The third kappa shape index (κ3) is 5.15. The molecule has 0 spiro atoms. The van der Waals surface area contributed by atoms with E-state index in [-0.39, 0.29) is 91.3 Å². The highest BCUT2D eigenvalue weighted by Gasteiger charge is 2.37. The zero-order valence-corrected chi connectivity index (χ0v) is 27.4. The minimum absolute atomic E-state index is 0.0919. The highest BCUT2D eigenvalue weighted by Crippen LogP contribution is 2.55. The molecule has 3 aromatic carbocycles. The fraction of sp³-hybridized carbons (Fsp3) is 0. The Hall–Kier alpha value is 2.44. The molecule has 0 aliphatic carbocycles. The first-order valence-electron chi connectivity index (χ1n) is 8.01. The van der Waals surface area contributed by atoms with Crippen LogP contribution in [0.5, 0.6) is 0 Å². The Kier molecular flexibility index (Phi) is 10.8. The molecule has 0 atom stereocenters. The van der Waals surface area contributed by atoms with Gasteiger partial charge in [0.15, 0.2) is 0 Å². The second-order valence-electron chi connectivity index (χ2n) is 6.09. The van der Waals surface area contributed by atoms with Crippen LogP contribution in [0.15, 0.2) is 0 Å². The van der Waals surface area contributed by atoms with E-state index in [9.17, 15) is 0 Å². The highest BCUT2D eigenvalue weighted by atomic mass is 35.5. The lowest BCUT2D eigenvalue weighted by Crippen LogP contribution is -2.27. The van der Waals surface area contributed by atoms with Crippen molar-refractivity contribution in [3.05, 3.63) is 75.3 Å². The molecule has 0 heterocycles. The molecule has 34 heavy (non-hydrogen) atoms. The Labute approximate surface area is 270 Å². The maximum atomic E-state index is 6.60. The van der Waals surface area contributed by atoms with Crippen LogP contribution in [0.2, 0.25) is 75.3 Å². The van der Waals surface area contributed by atoms with Crippen LogP contribution in [0, 0.1) is 0 Å². The summed E-state index contributed by atoms with van der Waals surface area (Å²) in [4.78, 5) is 0. The molecular weight excluding hydrogens is 779 g/mol. The normalized spacial score (nSPS) is 11.6. The summed E-state index contributed by atoms with van der Waals surface area (Å²) in [6, 6.07) is 0. The van der Waals surface area contributed by atoms with Crippen LogP contribution in [0.25, 0.3) is 0 Å². The summed E-state index contributed by atoms with van der Waals surface area (Å²) in [5, 5.41) is -1.25. The summed E-state index contributed by atoms with van der Waals surface area (Å²) in [7, 11) is -2.18. The SMILES string of the molecule is Clc1c(Cl)c(Cl)c(P(c2c(Cl)c(Cl)c(Cl)c(Cl)c2Cl)c2c(Cl)c(Cl)c(Cl)c(Cl)c2Cl)c(Cl)c1Cl. The predicted octanol–water partition coefficient (Wildman–Crippen LogP) is 13.2. The van der Waals surface area contributed by atoms with Crippen molar-refractivity contribution in [2.75, 3.05) is 0 Å². The standard InChI is InChI=1S/C18Cl15P/c19-1-4(22)10(28)16(11(29)5(1)23)34(17-12(30)6(24)2(20)7(25)13(17)31)18-14(32)8(26)3(21)9(27)15(18)33. The van der Waals surface area contributed by atoms with Crippen molar-refractivity contribution in [2.45, 2.75) is 0 Å². The molecule has 182 valence electrons. The van der Waals surface area contributed by atoms with Crippen LogP contribution < -0.4 is 15.9 Å². The predicted molar refractivity (Wildman–Crippen MR) is 160 cm³/mol. The molecule has 0 nitrogen and oxygen atoms in total. The number of benzene rings is 3. The first-order valence-corrected chi connectivity index (χ1v) is 15.0. The van der Waals surface area contributed by atoms with Gasteiger partial charge in [0, 0.05) is 15.9 Å². The van der Waals surface area contributed by atoms with Crippen LogP contribution in [-0.2, 0) is 0 Å². The van der Waals surface area contributed by atoms with E-state index in [1.54, 1.807) is 0 Å². The third-order valence-electron chi connectivity index (χ3n) is 4.23. The average molecular weight is 779 g/mol. The molecule has 0 saturated heterocycles. The molecule has 0 N–H and O–H groups in total. The van der Waals surface area contributed by atoms with Gasteiger partial charge in [-0.3, -0.25) is 0 Å². The molecule has 3 aromatic rings. The van der Waals surface area contributed by atoms with Crippen molar-refractivity contribution in [1.29, 1.82) is 0 Å². The quantitative estimate of drug-likeness (QED) is 0.141. The minimum atomic E-state index is -2.18. The van der Waals surface area contributed by atoms with E-state index in [0.717, 1.165) is 0 Å². The summed E-state index contributed by atoms with van der Waals surface area (Å²) >= 11 is 96.2. The molecule has 0 aliphatic heterocycles. The molecule has 0 saturated carbocycles. The lowest BCUT2D eigenvalue weighted by atomic mass is 10.3. The second-order valence-corrected chi connectivity index (χ2v) is 13.8. The van der Waals surface area contributed by atoms with E-state index >= 15 is 0 Å². The van der Waals surface area contributed by atoms with Gasteiger partial charge in [0.25, 0.3) is 0 Å². The van der Waals surface area contributed by atoms with E-state index in [1.807, 2.05) is 0 Å². The zero-order valence-electron chi connectivity index (χ0n) is 15.1. The van der Waals surface area contributed by atoms with Crippen molar-refractivity contribution >= 4 is 198 Å². The van der Waals surface area contributed by atoms with Crippen LogP contribution in [0.4, 0.5) is 0 Å². The van der Waals surface area contributed by atoms with Gasteiger partial charge in [0.05, 0.1) is 75.3 Å². The fourth-order valence-corrected chi connectivity index (χ4v) is 10.6. The van der Waals surface area contributed by atoms with Gasteiger partial charge in [0.1, 0.15) is 0 Å². The Morgan fingerprint density at radius 2 is 0.324 bits per heavy atom. The summed E-state index contributed by atoms with van der Waals surface area (Å²) in [5.41, 5.74) is 0. The molecule has 0 fully saturated rings. The average Bonchev–Trinajstić information content (AvgIpc) is 2.81. The van der Waals surface area contributed by atoms with Crippen LogP contribution in [-0.4, -0.2) is 0 Å². The van der Waals surface area contributed by atoms with Crippen molar-refractivity contribution in [2.24, 2.45) is 0 Å². The van der Waals surface area contributed by atoms with E-state index in [1.165, 1.54) is 0 Å². The smallest absolute Gasteiger partial charge is 0.0809 e. The van der Waals surface area contributed by atoms with Crippen LogP contribution >= 0.6 is 182 Å². The van der Waals surface area contributed by atoms with Gasteiger partial charge in [-0.1, -0.05) is 174 Å². The number of rotatable bonds is 3. The largest absolute Gasteiger partial charge is 0.0819 e. The van der Waals surface area contributed by atoms with Crippen molar-refractivity contribution in [3.63, 3.8) is 0 Å². The zero-order chi connectivity index (χ0) is 26.0. The molecule has 0 unspecified atom stereocenters. The van der Waals surface area contributed by atoms with Gasteiger partial charge in [-0.25, -0.2) is 0 Å². The first-order chi connectivity index (χ1) is 15.7. The lowest BCUT2D eigenvalue weighted by molar-refractivity contribution is 1.71. The third-order valence-corrected chi connectivity index (χ3v) is 14.5. The molecule has 3 rings (SSSR count). The van der Waals surface area contributed by atoms with Crippen LogP contribution in [0.1, 0.15) is 0 Å². The summed E-state index contributed by atoms with van der Waals surface area (Å²) < 4.78 is 0. The second kappa shape index (κ2) is 11.9. The van der Waals surface area contributed by atoms with Gasteiger partial charge in [-0.2, -0.15) is 0 Å². The van der Waals surface area contributed by atoms with E-state index in [2.05, 4.69) is 0 Å². The molecule has 0 aliphatic rings. The lowest BCUT2D eigenvalue weighted by Gasteiger charge is -2.28. The monoisotopic (exact) mass is 772 g/mol. The van der Waals surface area contributed by atoms with E-state index in [4.69, 9.17) is 174 Å². The molecule has 16 heteroatoms. The number of hydrogen-bond donors (Lipinski definition) is 0. The molecule has 0 aromatic heterocycles. The highest BCUT2D eigenvalue weighted by molar-refractivity contribution is 7.81. The Morgan fingerprint density at radius 1 is 0.206 bits per heavy atom. The van der Waals surface area contributed by atoms with Gasteiger partial charge in [-0.05, 0) is 7.92 Å². The summed E-state index contributed by atoms with van der Waals surface area (Å²) in [6.07, 6.45) is 0. The Morgan fingerprint density at radius 3 is 0.471 bits per heavy atom. The van der Waals surface area contributed by atoms with Crippen molar-refractivity contribution < 1.29 is 0 Å². The Bertz CT molecular complexity index is 1110. The maximum absolute atomic E-state index is 6.60. The van der Waals surface area contributed by atoms with E-state index < -0.39 is 7.92 Å². The fourth-order valence-electron chi connectivity index (χ4n) is 2.70.